The molecule has 0 saturated carbocycles. The molecule has 1 aromatic carbocycles. The van der Waals surface area contributed by atoms with Gasteiger partial charge in [0.25, 0.3) is 0 Å². The lowest BCUT2D eigenvalue weighted by Crippen LogP contribution is -2.22. The molecule has 1 atom stereocenters. The minimum Gasteiger partial charge on any atom is -0.365 e. The molecule has 3 rings (SSSR count). The molecule has 2 aromatic rings. The van der Waals surface area contributed by atoms with Gasteiger partial charge in [-0.05, 0) is 17.0 Å². The summed E-state index contributed by atoms with van der Waals surface area (Å²) in [5, 5.41) is 6.75. The van der Waals surface area contributed by atoms with E-state index in [-0.39, 0.29) is 11.8 Å². The summed E-state index contributed by atoms with van der Waals surface area (Å²) < 4.78 is 0. The van der Waals surface area contributed by atoms with Crippen LogP contribution in [0.3, 0.4) is 0 Å². The molecule has 0 saturated heterocycles. The van der Waals surface area contributed by atoms with Crippen molar-refractivity contribution in [2.45, 2.75) is 32.1 Å². The van der Waals surface area contributed by atoms with Crippen LogP contribution in [0, 0.1) is 0 Å². The van der Waals surface area contributed by atoms with Crippen molar-refractivity contribution in [3.63, 3.8) is 0 Å². The van der Waals surface area contributed by atoms with Gasteiger partial charge in [0.1, 0.15) is 5.82 Å². The van der Waals surface area contributed by atoms with Crippen molar-refractivity contribution in [3.05, 3.63) is 40.3 Å². The maximum atomic E-state index is 11.9. The largest absolute Gasteiger partial charge is 0.365 e. The third-order valence-corrected chi connectivity index (χ3v) is 5.02. The molecule has 2 N–H and O–H groups in total. The Morgan fingerprint density at radius 2 is 2.05 bits per heavy atom. The second kappa shape index (κ2) is 5.48. The highest BCUT2D eigenvalue weighted by atomic mass is 32.1. The first-order valence-corrected chi connectivity index (χ1v) is 7.98. The highest BCUT2D eigenvalue weighted by Gasteiger charge is 2.30. The van der Waals surface area contributed by atoms with E-state index >= 15 is 0 Å². The lowest BCUT2D eigenvalue weighted by Gasteiger charge is -2.22. The zero-order valence-electron chi connectivity index (χ0n) is 12.4. The molecular weight excluding hydrogens is 282 g/mol. The monoisotopic (exact) mass is 301 g/mol. The Hall–Kier alpha value is -1.88. The Bertz CT molecular complexity index is 661. The topological polar surface area (TPSA) is 54.0 Å². The average molecular weight is 301 g/mol. The van der Waals surface area contributed by atoms with Crippen LogP contribution in [0.15, 0.2) is 24.3 Å². The Morgan fingerprint density at radius 3 is 2.67 bits per heavy atom. The Labute approximate surface area is 128 Å². The van der Waals surface area contributed by atoms with Crippen molar-refractivity contribution in [1.29, 1.82) is 0 Å². The number of hydrogen-bond acceptors (Lipinski definition) is 4. The fraction of sp³-hybridized carbons (Fsp3) is 0.375. The Kier molecular flexibility index (Phi) is 3.68. The van der Waals surface area contributed by atoms with Gasteiger partial charge in [-0.25, -0.2) is 4.98 Å². The zero-order chi connectivity index (χ0) is 15.0. The molecule has 0 spiro atoms. The van der Waals surface area contributed by atoms with Gasteiger partial charge in [-0.2, -0.15) is 0 Å². The van der Waals surface area contributed by atoms with Crippen LogP contribution >= 0.6 is 11.3 Å². The van der Waals surface area contributed by atoms with Crippen molar-refractivity contribution >= 4 is 28.2 Å². The Morgan fingerprint density at radius 1 is 1.33 bits per heavy atom. The maximum absolute atomic E-state index is 11.9. The van der Waals surface area contributed by atoms with E-state index < -0.39 is 0 Å². The van der Waals surface area contributed by atoms with Gasteiger partial charge >= 0.3 is 0 Å². The highest BCUT2D eigenvalue weighted by Crippen LogP contribution is 2.42. The quantitative estimate of drug-likeness (QED) is 0.907. The third kappa shape index (κ3) is 2.65. The van der Waals surface area contributed by atoms with E-state index in [0.29, 0.717) is 18.2 Å². The molecule has 2 heterocycles. The molecule has 110 valence electrons. The first-order valence-electron chi connectivity index (χ1n) is 7.16. The number of carbonyl (C=O) groups excluding carboxylic acids is 1. The van der Waals surface area contributed by atoms with Crippen LogP contribution in [-0.4, -0.2) is 17.9 Å². The SMILES string of the molecule is CNc1nc2c(s1)[C@@H](c1ccc(C(C)C)cc1)CC(=O)N2. The van der Waals surface area contributed by atoms with E-state index in [4.69, 9.17) is 0 Å². The normalized spacial score (nSPS) is 17.5. The van der Waals surface area contributed by atoms with Gasteiger partial charge < -0.3 is 10.6 Å². The molecule has 1 aliphatic rings. The van der Waals surface area contributed by atoms with Crippen molar-refractivity contribution in [2.24, 2.45) is 0 Å². The molecule has 0 aliphatic carbocycles. The summed E-state index contributed by atoms with van der Waals surface area (Å²) in [6, 6.07) is 8.60. The molecule has 4 nitrogen and oxygen atoms in total. The molecule has 0 fully saturated rings. The van der Waals surface area contributed by atoms with Crippen LogP contribution in [0.5, 0.6) is 0 Å². The van der Waals surface area contributed by atoms with Crippen molar-refractivity contribution < 1.29 is 4.79 Å². The number of anilines is 2. The van der Waals surface area contributed by atoms with Crippen LogP contribution in [0.2, 0.25) is 0 Å². The second-order valence-electron chi connectivity index (χ2n) is 5.61. The summed E-state index contributed by atoms with van der Waals surface area (Å²) in [6.07, 6.45) is 0.485. The van der Waals surface area contributed by atoms with E-state index in [1.807, 2.05) is 7.05 Å². The molecule has 0 unspecified atom stereocenters. The van der Waals surface area contributed by atoms with Crippen molar-refractivity contribution in [1.82, 2.24) is 4.98 Å². The Balaban J connectivity index is 1.98. The van der Waals surface area contributed by atoms with Crippen LogP contribution in [0.1, 0.15) is 48.1 Å². The van der Waals surface area contributed by atoms with Gasteiger partial charge in [0.2, 0.25) is 5.91 Å². The van der Waals surface area contributed by atoms with Gasteiger partial charge in [-0.3, -0.25) is 4.79 Å². The number of hydrogen-bond donors (Lipinski definition) is 2. The molecule has 21 heavy (non-hydrogen) atoms. The highest BCUT2D eigenvalue weighted by molar-refractivity contribution is 7.16. The summed E-state index contributed by atoms with van der Waals surface area (Å²) in [4.78, 5) is 17.5. The first-order chi connectivity index (χ1) is 10.1. The summed E-state index contributed by atoms with van der Waals surface area (Å²) >= 11 is 1.61. The molecule has 1 amide bonds. The minimum absolute atomic E-state index is 0.0355. The van der Waals surface area contributed by atoms with Gasteiger partial charge in [-0.15, -0.1) is 0 Å². The summed E-state index contributed by atoms with van der Waals surface area (Å²) in [6.45, 7) is 4.37. The number of benzene rings is 1. The molecule has 0 radical (unpaired) electrons. The van der Waals surface area contributed by atoms with Gasteiger partial charge in [0.05, 0.1) is 4.88 Å². The maximum Gasteiger partial charge on any atom is 0.226 e. The number of carbonyl (C=O) groups is 1. The lowest BCUT2D eigenvalue weighted by molar-refractivity contribution is -0.116. The van der Waals surface area contributed by atoms with Crippen LogP contribution < -0.4 is 10.6 Å². The van der Waals surface area contributed by atoms with Crippen LogP contribution in [-0.2, 0) is 4.79 Å². The van der Waals surface area contributed by atoms with Crippen molar-refractivity contribution in [3.8, 4) is 0 Å². The van der Waals surface area contributed by atoms with Crippen LogP contribution in [0.25, 0.3) is 0 Å². The average Bonchev–Trinajstić information content (AvgIpc) is 2.89. The fourth-order valence-corrected chi connectivity index (χ4v) is 3.61. The van der Waals surface area contributed by atoms with E-state index in [1.165, 1.54) is 11.1 Å². The van der Waals surface area contributed by atoms with Crippen molar-refractivity contribution in [2.75, 3.05) is 17.7 Å². The molecule has 5 heteroatoms. The first kappa shape index (κ1) is 14.1. The summed E-state index contributed by atoms with van der Waals surface area (Å²) in [7, 11) is 1.85. The summed E-state index contributed by atoms with van der Waals surface area (Å²) in [5.74, 6) is 1.37. The predicted octanol–water partition coefficient (Wildman–Crippen LogP) is 3.78. The van der Waals surface area contributed by atoms with E-state index in [0.717, 1.165) is 10.0 Å². The summed E-state index contributed by atoms with van der Waals surface area (Å²) in [5.41, 5.74) is 2.50. The third-order valence-electron chi connectivity index (χ3n) is 3.84. The molecule has 1 aliphatic heterocycles. The van der Waals surface area contributed by atoms with Crippen LogP contribution in [0.4, 0.5) is 10.9 Å². The zero-order valence-corrected chi connectivity index (χ0v) is 13.3. The molecule has 0 bridgehead atoms. The number of fused-ring (bicyclic) bond motifs is 1. The van der Waals surface area contributed by atoms with E-state index in [9.17, 15) is 4.79 Å². The predicted molar refractivity (Wildman–Crippen MR) is 87.3 cm³/mol. The number of rotatable bonds is 3. The lowest BCUT2D eigenvalue weighted by atomic mass is 9.90. The fourth-order valence-electron chi connectivity index (χ4n) is 2.61. The number of nitrogens with one attached hydrogen (secondary N) is 2. The smallest absolute Gasteiger partial charge is 0.226 e. The van der Waals surface area contributed by atoms with Gasteiger partial charge in [0.15, 0.2) is 5.13 Å². The molecular formula is C16H19N3OS. The number of aromatic nitrogens is 1. The van der Waals surface area contributed by atoms with E-state index in [2.05, 4.69) is 53.7 Å². The standard InChI is InChI=1S/C16H19N3OS/c1-9(2)10-4-6-11(7-5-10)12-8-13(20)18-15-14(12)21-16(17-3)19-15/h4-7,9,12H,8H2,1-3H3,(H,17,19)(H,18,20)/t12-/m1/s1. The van der Waals surface area contributed by atoms with Gasteiger partial charge in [0, 0.05) is 19.4 Å². The number of nitrogens with zero attached hydrogens (tertiary/aromatic N) is 1. The van der Waals surface area contributed by atoms with Gasteiger partial charge in [-0.1, -0.05) is 49.4 Å². The minimum atomic E-state index is 0.0355. The number of thiazole rings is 1. The van der Waals surface area contributed by atoms with E-state index in [1.54, 1.807) is 11.3 Å². The molecule has 1 aromatic heterocycles. The second-order valence-corrected chi connectivity index (χ2v) is 6.64. The number of amides is 1.